The molecule has 2 aromatic rings. The Morgan fingerprint density at radius 1 is 0.970 bits per heavy atom. The molecule has 0 spiro atoms. The average Bonchev–Trinajstić information content (AvgIpc) is 2.84. The fourth-order valence-electron chi connectivity index (χ4n) is 4.30. The first-order valence-corrected chi connectivity index (χ1v) is 11.9. The van der Waals surface area contributed by atoms with Crippen LogP contribution in [0.25, 0.3) is 11.1 Å². The fourth-order valence-corrected chi connectivity index (χ4v) is 4.30. The molecule has 33 heavy (non-hydrogen) atoms. The minimum atomic E-state index is -0.207. The molecule has 1 aliphatic rings. The normalized spacial score (nSPS) is 14.0. The number of nitrogen functional groups attached to an aromatic ring is 1. The molecule has 0 radical (unpaired) electrons. The van der Waals surface area contributed by atoms with Gasteiger partial charge in [-0.05, 0) is 42.0 Å². The van der Waals surface area contributed by atoms with Crippen molar-refractivity contribution in [3.05, 3.63) is 54.1 Å². The zero-order chi connectivity index (χ0) is 23.6. The van der Waals surface area contributed by atoms with Gasteiger partial charge in [-0.15, -0.1) is 0 Å². The number of carbonyl (C=O) groups is 2. The van der Waals surface area contributed by atoms with Crippen molar-refractivity contribution in [1.82, 2.24) is 0 Å². The van der Waals surface area contributed by atoms with E-state index in [0.717, 1.165) is 23.2 Å². The van der Waals surface area contributed by atoms with E-state index in [1.54, 1.807) is 11.9 Å². The van der Waals surface area contributed by atoms with Crippen molar-refractivity contribution in [2.75, 3.05) is 18.6 Å². The monoisotopic (exact) mass is 449 g/mol. The van der Waals surface area contributed by atoms with Crippen LogP contribution in [0.3, 0.4) is 0 Å². The van der Waals surface area contributed by atoms with Gasteiger partial charge in [0.2, 0.25) is 5.91 Å². The summed E-state index contributed by atoms with van der Waals surface area (Å²) in [6, 6.07) is 15.2. The van der Waals surface area contributed by atoms with Crippen molar-refractivity contribution in [3.63, 3.8) is 0 Å². The van der Waals surface area contributed by atoms with Gasteiger partial charge >= 0.3 is 5.97 Å². The molecular formula is C27H35N3O3. The molecule has 3 rings (SSSR count). The van der Waals surface area contributed by atoms with Crippen LogP contribution in [0.1, 0.15) is 63.4 Å². The van der Waals surface area contributed by atoms with E-state index in [2.05, 4.69) is 0 Å². The smallest absolute Gasteiger partial charge is 0.305 e. The van der Waals surface area contributed by atoms with Gasteiger partial charge in [0.15, 0.2) is 0 Å². The minimum absolute atomic E-state index is 0.0245. The molecular weight excluding hydrogens is 414 g/mol. The minimum Gasteiger partial charge on any atom is -0.466 e. The van der Waals surface area contributed by atoms with Gasteiger partial charge in [0.05, 0.1) is 6.61 Å². The molecule has 0 unspecified atom stereocenters. The number of ether oxygens (including phenoxy) is 1. The molecule has 0 heterocycles. The van der Waals surface area contributed by atoms with Crippen LogP contribution in [0.2, 0.25) is 0 Å². The van der Waals surface area contributed by atoms with Crippen LogP contribution in [0.4, 0.5) is 5.69 Å². The standard InChI is InChI=1S/C27H35N3O3/c1-30(24-16-14-22(15-17-24)21-10-12-23(13-11-21)27(28)29)25(31)8-5-9-26(32)33-19-18-20-6-3-2-4-7-20/h10-17,20H,2-9,18-19H2,1H3,(H3,28,29). The van der Waals surface area contributed by atoms with Crippen LogP contribution in [0.5, 0.6) is 0 Å². The highest BCUT2D eigenvalue weighted by Gasteiger charge is 2.15. The van der Waals surface area contributed by atoms with E-state index in [0.29, 0.717) is 30.9 Å². The van der Waals surface area contributed by atoms with Crippen LogP contribution in [-0.4, -0.2) is 31.4 Å². The van der Waals surface area contributed by atoms with Gasteiger partial charge < -0.3 is 15.4 Å². The van der Waals surface area contributed by atoms with Gasteiger partial charge in [-0.25, -0.2) is 0 Å². The summed E-state index contributed by atoms with van der Waals surface area (Å²) in [6.07, 6.45) is 8.48. The third kappa shape index (κ3) is 7.45. The third-order valence-corrected chi connectivity index (χ3v) is 6.44. The number of nitrogens with zero attached hydrogens (tertiary/aromatic N) is 1. The first-order valence-electron chi connectivity index (χ1n) is 11.9. The fraction of sp³-hybridized carbons (Fsp3) is 0.444. The Kier molecular flexibility index (Phi) is 9.04. The average molecular weight is 450 g/mol. The second-order valence-electron chi connectivity index (χ2n) is 8.86. The number of hydrogen-bond acceptors (Lipinski definition) is 4. The summed E-state index contributed by atoms with van der Waals surface area (Å²) in [5, 5.41) is 7.48. The lowest BCUT2D eigenvalue weighted by atomic mass is 9.87. The molecule has 0 aromatic heterocycles. The van der Waals surface area contributed by atoms with Gasteiger partial charge in [0.1, 0.15) is 5.84 Å². The van der Waals surface area contributed by atoms with Crippen LogP contribution in [-0.2, 0) is 14.3 Å². The number of amides is 1. The quantitative estimate of drug-likeness (QED) is 0.293. The Bertz CT molecular complexity index is 932. The lowest BCUT2D eigenvalue weighted by Crippen LogP contribution is -2.26. The van der Waals surface area contributed by atoms with E-state index < -0.39 is 0 Å². The zero-order valence-electron chi connectivity index (χ0n) is 19.5. The SMILES string of the molecule is CN(C(=O)CCCC(=O)OCCC1CCCCC1)c1ccc(-c2ccc(C(=N)N)cc2)cc1. The summed E-state index contributed by atoms with van der Waals surface area (Å²) >= 11 is 0. The molecule has 1 aliphatic carbocycles. The van der Waals surface area contributed by atoms with E-state index >= 15 is 0 Å². The summed E-state index contributed by atoms with van der Waals surface area (Å²) in [6.45, 7) is 0.501. The molecule has 6 nitrogen and oxygen atoms in total. The molecule has 2 aromatic carbocycles. The summed E-state index contributed by atoms with van der Waals surface area (Å²) in [5.41, 5.74) is 9.03. The number of carbonyl (C=O) groups excluding carboxylic acids is 2. The molecule has 3 N–H and O–H groups in total. The maximum Gasteiger partial charge on any atom is 0.305 e. The Morgan fingerprint density at radius 3 is 2.18 bits per heavy atom. The Labute approximate surface area is 196 Å². The number of benzene rings is 2. The van der Waals surface area contributed by atoms with E-state index in [-0.39, 0.29) is 24.1 Å². The topological polar surface area (TPSA) is 96.5 Å². The van der Waals surface area contributed by atoms with Crippen molar-refractivity contribution < 1.29 is 14.3 Å². The summed E-state index contributed by atoms with van der Waals surface area (Å²) in [4.78, 5) is 26.1. The Hall–Kier alpha value is -3.15. The van der Waals surface area contributed by atoms with E-state index in [4.69, 9.17) is 15.9 Å². The number of anilines is 1. The molecule has 0 bridgehead atoms. The molecule has 176 valence electrons. The molecule has 1 amide bonds. The molecule has 0 saturated heterocycles. The summed E-state index contributed by atoms with van der Waals surface area (Å²) < 4.78 is 5.36. The number of rotatable bonds is 10. The van der Waals surface area contributed by atoms with Gasteiger partial charge in [0, 0.05) is 31.1 Å². The second-order valence-corrected chi connectivity index (χ2v) is 8.86. The number of hydrogen-bond donors (Lipinski definition) is 2. The van der Waals surface area contributed by atoms with Crippen LogP contribution >= 0.6 is 0 Å². The lowest BCUT2D eigenvalue weighted by molar-refractivity contribution is -0.144. The highest BCUT2D eigenvalue weighted by atomic mass is 16.5. The van der Waals surface area contributed by atoms with Crippen LogP contribution < -0.4 is 10.6 Å². The molecule has 6 heteroatoms. The molecule has 1 fully saturated rings. The summed E-state index contributed by atoms with van der Waals surface area (Å²) in [5.74, 6) is 0.516. The van der Waals surface area contributed by atoms with E-state index in [1.807, 2.05) is 48.5 Å². The van der Waals surface area contributed by atoms with E-state index in [1.165, 1.54) is 32.1 Å². The molecule has 0 aliphatic heterocycles. The van der Waals surface area contributed by atoms with Crippen molar-refractivity contribution in [3.8, 4) is 11.1 Å². The van der Waals surface area contributed by atoms with Gasteiger partial charge in [-0.1, -0.05) is 68.5 Å². The zero-order valence-corrected chi connectivity index (χ0v) is 19.5. The largest absolute Gasteiger partial charge is 0.466 e. The second kappa shape index (κ2) is 12.2. The number of nitrogens with two attached hydrogens (primary N) is 1. The van der Waals surface area contributed by atoms with Gasteiger partial charge in [-0.3, -0.25) is 15.0 Å². The van der Waals surface area contributed by atoms with Crippen molar-refractivity contribution >= 4 is 23.4 Å². The maximum absolute atomic E-state index is 12.5. The number of esters is 1. The van der Waals surface area contributed by atoms with Crippen molar-refractivity contribution in [2.45, 2.75) is 57.8 Å². The first kappa shape index (κ1) is 24.5. The number of nitrogens with one attached hydrogen (secondary N) is 1. The van der Waals surface area contributed by atoms with E-state index in [9.17, 15) is 9.59 Å². The predicted octanol–water partition coefficient (Wildman–Crippen LogP) is 5.28. The highest BCUT2D eigenvalue weighted by molar-refractivity contribution is 5.95. The first-order chi connectivity index (χ1) is 15.9. The van der Waals surface area contributed by atoms with Crippen molar-refractivity contribution in [2.24, 2.45) is 11.7 Å². The maximum atomic E-state index is 12.5. The van der Waals surface area contributed by atoms with Crippen LogP contribution in [0.15, 0.2) is 48.5 Å². The molecule has 0 atom stereocenters. The number of amidine groups is 1. The lowest BCUT2D eigenvalue weighted by Gasteiger charge is -2.21. The van der Waals surface area contributed by atoms with Crippen LogP contribution in [0, 0.1) is 11.3 Å². The van der Waals surface area contributed by atoms with Crippen molar-refractivity contribution in [1.29, 1.82) is 5.41 Å². The Morgan fingerprint density at radius 2 is 1.58 bits per heavy atom. The highest BCUT2D eigenvalue weighted by Crippen LogP contribution is 2.26. The van der Waals surface area contributed by atoms with Gasteiger partial charge in [0.25, 0.3) is 0 Å². The third-order valence-electron chi connectivity index (χ3n) is 6.44. The molecule has 1 saturated carbocycles. The Balaban J connectivity index is 1.40. The summed E-state index contributed by atoms with van der Waals surface area (Å²) in [7, 11) is 1.75. The van der Waals surface area contributed by atoms with Gasteiger partial charge in [-0.2, -0.15) is 0 Å². The predicted molar refractivity (Wildman–Crippen MR) is 132 cm³/mol.